The van der Waals surface area contributed by atoms with Gasteiger partial charge < -0.3 is 30.1 Å². The summed E-state index contributed by atoms with van der Waals surface area (Å²) in [4.78, 5) is 49.0. The third-order valence-corrected chi connectivity index (χ3v) is 7.76. The van der Waals surface area contributed by atoms with Gasteiger partial charge in [0.1, 0.15) is 5.75 Å². The Balaban J connectivity index is 1.42. The zero-order chi connectivity index (χ0) is 33.3. The van der Waals surface area contributed by atoms with Crippen LogP contribution in [0, 0.1) is 0 Å². The fraction of sp³-hybridized carbons (Fsp3) is 0.323. The van der Waals surface area contributed by atoms with Crippen LogP contribution in [0.5, 0.6) is 5.75 Å². The minimum Gasteiger partial charge on any atom is -0.507 e. The summed E-state index contributed by atoms with van der Waals surface area (Å²) in [5.74, 6) is 0.849. The van der Waals surface area contributed by atoms with E-state index in [1.54, 1.807) is 16.8 Å². The lowest BCUT2D eigenvalue weighted by atomic mass is 10.0. The van der Waals surface area contributed by atoms with Crippen LogP contribution in [-0.4, -0.2) is 87.7 Å². The van der Waals surface area contributed by atoms with E-state index in [-0.39, 0.29) is 37.3 Å². The van der Waals surface area contributed by atoms with Crippen LogP contribution in [0.2, 0.25) is 0 Å². The number of phenols is 1. The number of aliphatic imine (C=N–C) groups is 2. The molecule has 4 rings (SSSR count). The Morgan fingerprint density at radius 1 is 1.15 bits per heavy atom. The molecule has 0 aromatic heterocycles. The Bertz CT molecular complexity index is 1700. The second-order valence-corrected chi connectivity index (χ2v) is 11.0. The van der Waals surface area contributed by atoms with Gasteiger partial charge in [-0.25, -0.2) is 9.59 Å². The number of ether oxygens (including phenoxy) is 1. The molecule has 2 heterocycles. The van der Waals surface area contributed by atoms with Crippen molar-refractivity contribution in [1.82, 2.24) is 9.80 Å². The van der Waals surface area contributed by atoms with Crippen LogP contribution in [-0.2, 0) is 22.4 Å². The van der Waals surface area contributed by atoms with Gasteiger partial charge in [0.05, 0.1) is 10.7 Å². The number of rotatable bonds is 6. The molecule has 0 spiro atoms. The topological polar surface area (TPSA) is 144 Å². The molecule has 15 heteroatoms. The number of nitrogens with zero attached hydrogens (tertiary/aromatic N) is 4. The van der Waals surface area contributed by atoms with Gasteiger partial charge in [0.2, 0.25) is 0 Å². The van der Waals surface area contributed by atoms with Crippen molar-refractivity contribution in [3.8, 4) is 5.75 Å². The van der Waals surface area contributed by atoms with Crippen molar-refractivity contribution >= 4 is 51.4 Å². The van der Waals surface area contributed by atoms with Crippen molar-refractivity contribution in [2.45, 2.75) is 44.0 Å². The SMILES string of the molecule is O=C(N=C=C=CN=C=C=C(O)C(F)(F)F)[C@@H](Cc1ccc(O)c(Br)c1)OC(=O)N1CCC(N2CCc3ccccc3NC2=O)CC1. The Labute approximate surface area is 269 Å². The molecular formula is C31H27BrF3N5O6. The molecule has 0 bridgehead atoms. The number of phenolic OH excluding ortho intramolecular Hbond substituents is 1. The number of benzene rings is 2. The number of hydrogen-bond donors (Lipinski definition) is 3. The first-order valence-corrected chi connectivity index (χ1v) is 14.7. The summed E-state index contributed by atoms with van der Waals surface area (Å²) in [5.41, 5.74) is 5.94. The van der Waals surface area contributed by atoms with Gasteiger partial charge in [0.25, 0.3) is 11.7 Å². The third-order valence-electron chi connectivity index (χ3n) is 7.12. The molecule has 1 fully saturated rings. The molecule has 0 saturated carbocycles. The number of aromatic hydroxyl groups is 1. The van der Waals surface area contributed by atoms with Gasteiger partial charge in [-0.3, -0.25) is 4.79 Å². The van der Waals surface area contributed by atoms with E-state index in [2.05, 4.69) is 42.8 Å². The molecule has 2 aliphatic rings. The predicted molar refractivity (Wildman–Crippen MR) is 164 cm³/mol. The Morgan fingerprint density at radius 2 is 1.89 bits per heavy atom. The van der Waals surface area contributed by atoms with Crippen molar-refractivity contribution in [1.29, 1.82) is 0 Å². The highest BCUT2D eigenvalue weighted by atomic mass is 79.9. The monoisotopic (exact) mass is 701 g/mol. The van der Waals surface area contributed by atoms with Crippen molar-refractivity contribution in [2.24, 2.45) is 9.98 Å². The summed E-state index contributed by atoms with van der Waals surface area (Å²) in [6.45, 7) is 1.09. The maximum atomic E-state index is 13.1. The van der Waals surface area contributed by atoms with Crippen LogP contribution >= 0.6 is 15.9 Å². The molecular weight excluding hydrogens is 675 g/mol. The quantitative estimate of drug-likeness (QED) is 0.208. The molecule has 2 aliphatic heterocycles. The van der Waals surface area contributed by atoms with E-state index >= 15 is 0 Å². The summed E-state index contributed by atoms with van der Waals surface area (Å²) in [5, 5.41) is 21.5. The first kappa shape index (κ1) is 33.9. The summed E-state index contributed by atoms with van der Waals surface area (Å²) in [6.07, 6.45) is -4.80. The zero-order valence-corrected chi connectivity index (χ0v) is 25.6. The van der Waals surface area contributed by atoms with E-state index in [0.717, 1.165) is 17.5 Å². The van der Waals surface area contributed by atoms with Crippen molar-refractivity contribution in [2.75, 3.05) is 25.0 Å². The van der Waals surface area contributed by atoms with Crippen LogP contribution in [0.4, 0.5) is 28.4 Å². The molecule has 2 aromatic carbocycles. The normalized spacial score (nSPS) is 15.3. The molecule has 1 saturated heterocycles. The number of likely N-dealkylation sites (tertiary alicyclic amines) is 1. The lowest BCUT2D eigenvalue weighted by Gasteiger charge is -2.37. The number of aliphatic hydroxyl groups excluding tert-OH is 1. The molecule has 4 amide bonds. The summed E-state index contributed by atoms with van der Waals surface area (Å²) < 4.78 is 42.6. The van der Waals surface area contributed by atoms with E-state index in [0.29, 0.717) is 35.8 Å². The zero-order valence-electron chi connectivity index (χ0n) is 24.1. The molecule has 0 radical (unpaired) electrons. The number of amides is 4. The Kier molecular flexibility index (Phi) is 11.3. The van der Waals surface area contributed by atoms with Crippen LogP contribution in [0.3, 0.4) is 0 Å². The number of piperidine rings is 1. The second kappa shape index (κ2) is 15.3. The highest BCUT2D eigenvalue weighted by Gasteiger charge is 2.34. The minimum atomic E-state index is -5.00. The molecule has 240 valence electrons. The van der Waals surface area contributed by atoms with Gasteiger partial charge in [-0.1, -0.05) is 24.3 Å². The maximum Gasteiger partial charge on any atom is 0.457 e. The smallest absolute Gasteiger partial charge is 0.457 e. The minimum absolute atomic E-state index is 0.0347. The molecule has 11 nitrogen and oxygen atoms in total. The van der Waals surface area contributed by atoms with Gasteiger partial charge >= 0.3 is 18.3 Å². The van der Waals surface area contributed by atoms with Crippen LogP contribution < -0.4 is 5.32 Å². The number of carbonyl (C=O) groups is 3. The number of urea groups is 1. The number of halogens is 4. The second-order valence-electron chi connectivity index (χ2n) is 10.2. The average molecular weight is 702 g/mol. The number of hydrogen-bond acceptors (Lipinski definition) is 7. The number of nitrogens with one attached hydrogen (secondary N) is 1. The van der Waals surface area contributed by atoms with E-state index < -0.39 is 30.0 Å². The number of para-hydroxylation sites is 1. The lowest BCUT2D eigenvalue weighted by molar-refractivity contribution is -0.126. The van der Waals surface area contributed by atoms with E-state index in [9.17, 15) is 32.7 Å². The lowest BCUT2D eigenvalue weighted by Crippen LogP contribution is -2.50. The molecule has 0 aliphatic carbocycles. The van der Waals surface area contributed by atoms with Crippen molar-refractivity contribution in [3.63, 3.8) is 0 Å². The molecule has 1 atom stereocenters. The average Bonchev–Trinajstić information content (AvgIpc) is 3.19. The molecule has 2 aromatic rings. The van der Waals surface area contributed by atoms with Crippen LogP contribution in [0.15, 0.2) is 80.3 Å². The first-order valence-electron chi connectivity index (χ1n) is 13.9. The van der Waals surface area contributed by atoms with E-state index in [1.165, 1.54) is 22.8 Å². The Morgan fingerprint density at radius 3 is 2.61 bits per heavy atom. The van der Waals surface area contributed by atoms with Crippen molar-refractivity contribution in [3.05, 3.63) is 81.5 Å². The largest absolute Gasteiger partial charge is 0.507 e. The number of anilines is 1. The van der Waals surface area contributed by atoms with Gasteiger partial charge in [0, 0.05) is 55.3 Å². The summed E-state index contributed by atoms with van der Waals surface area (Å²) in [6, 6.07) is 11.8. The molecule has 3 N–H and O–H groups in total. The standard InChI is InChI=1S/C31H27BrF3N5O6/c32-23-18-20(6-7-25(23)41)19-26(28(43)37-13-3-12-36-14-8-27(42)31(33,34)35)46-30(45)39-15-10-22(11-16-39)40-17-9-21-4-1-2-5-24(21)38-29(40)44/h1-2,4-7,12,18,22,26,41-42H,9-11,15-17,19H2,(H,38,44)/t26-/m1/s1. The fourth-order valence-corrected chi connectivity index (χ4v) is 5.20. The van der Waals surface area contributed by atoms with E-state index in [1.807, 2.05) is 24.3 Å². The predicted octanol–water partition coefficient (Wildman–Crippen LogP) is 5.45. The number of alkyl halides is 3. The van der Waals surface area contributed by atoms with Gasteiger partial charge in [-0.05, 0) is 70.2 Å². The van der Waals surface area contributed by atoms with Crippen molar-refractivity contribution < 1.29 is 42.5 Å². The van der Waals surface area contributed by atoms with E-state index in [4.69, 9.17) is 9.84 Å². The van der Waals surface area contributed by atoms with Crippen LogP contribution in [0.25, 0.3) is 0 Å². The third kappa shape index (κ3) is 9.25. The molecule has 46 heavy (non-hydrogen) atoms. The number of aliphatic hydroxyl groups is 1. The highest BCUT2D eigenvalue weighted by Crippen LogP contribution is 2.27. The van der Waals surface area contributed by atoms with Gasteiger partial charge in [-0.2, -0.15) is 23.2 Å². The summed E-state index contributed by atoms with van der Waals surface area (Å²) in [7, 11) is 0. The first-order chi connectivity index (χ1) is 21.9. The molecule has 0 unspecified atom stereocenters. The number of carbonyl (C=O) groups excluding carboxylic acids is 3. The van der Waals surface area contributed by atoms with Gasteiger partial charge in [0.15, 0.2) is 6.10 Å². The number of allylic oxidation sites excluding steroid dienone is 1. The maximum absolute atomic E-state index is 13.1. The fourth-order valence-electron chi connectivity index (χ4n) is 4.77. The van der Waals surface area contributed by atoms with Crippen LogP contribution in [0.1, 0.15) is 24.0 Å². The highest BCUT2D eigenvalue weighted by molar-refractivity contribution is 9.10. The summed E-state index contributed by atoms with van der Waals surface area (Å²) >= 11 is 3.20. The van der Waals surface area contributed by atoms with Gasteiger partial charge in [-0.15, -0.1) is 0 Å². The number of fused-ring (bicyclic) bond motifs is 1. The Hall–Kier alpha value is -5.02.